The van der Waals surface area contributed by atoms with Crippen molar-refractivity contribution in [2.75, 3.05) is 0 Å². The molecule has 0 radical (unpaired) electrons. The van der Waals surface area contributed by atoms with E-state index >= 15 is 0 Å². The van der Waals surface area contributed by atoms with Gasteiger partial charge in [-0.2, -0.15) is 0 Å². The molecular weight excluding hydrogens is 300 g/mol. The van der Waals surface area contributed by atoms with E-state index in [1.807, 2.05) is 6.07 Å². The van der Waals surface area contributed by atoms with Gasteiger partial charge in [0.05, 0.1) is 6.10 Å². The summed E-state index contributed by atoms with van der Waals surface area (Å²) in [6, 6.07) is 10.5. The van der Waals surface area contributed by atoms with Gasteiger partial charge in [-0.3, -0.25) is 0 Å². The molecule has 1 aromatic carbocycles. The average Bonchev–Trinajstić information content (AvgIpc) is 2.52. The molecule has 0 saturated carbocycles. The van der Waals surface area contributed by atoms with Gasteiger partial charge in [0.15, 0.2) is 8.32 Å². The molecule has 1 aliphatic carbocycles. The summed E-state index contributed by atoms with van der Waals surface area (Å²) in [5, 5.41) is 0.181. The normalized spacial score (nSPS) is 20.7. The topological polar surface area (TPSA) is 26.3 Å². The third kappa shape index (κ3) is 4.42. The number of allylic oxidation sites excluding steroid dienone is 1. The van der Waals surface area contributed by atoms with Gasteiger partial charge in [0.1, 0.15) is 6.29 Å². The van der Waals surface area contributed by atoms with Gasteiger partial charge in [-0.25, -0.2) is 0 Å². The first-order valence-corrected chi connectivity index (χ1v) is 11.5. The second-order valence-electron chi connectivity index (χ2n) is 8.12. The molecular formula is C20H30O2Si. The van der Waals surface area contributed by atoms with E-state index in [0.29, 0.717) is 0 Å². The fraction of sp³-hybridized carbons (Fsp3) is 0.550. The van der Waals surface area contributed by atoms with Crippen LogP contribution in [-0.2, 0) is 9.22 Å². The van der Waals surface area contributed by atoms with Gasteiger partial charge >= 0.3 is 0 Å². The maximum absolute atomic E-state index is 11.0. The fourth-order valence-electron chi connectivity index (χ4n) is 2.69. The van der Waals surface area contributed by atoms with Gasteiger partial charge in [-0.1, -0.05) is 57.2 Å². The van der Waals surface area contributed by atoms with Gasteiger partial charge in [0, 0.05) is 5.92 Å². The van der Waals surface area contributed by atoms with Crippen LogP contribution in [0.2, 0.25) is 18.1 Å². The molecule has 0 bridgehead atoms. The van der Waals surface area contributed by atoms with E-state index in [1.54, 1.807) is 0 Å². The Balaban J connectivity index is 2.31. The molecule has 3 heteroatoms. The van der Waals surface area contributed by atoms with Crippen LogP contribution in [-0.4, -0.2) is 14.6 Å². The standard InChI is InChI=1S/C20H30O2Si/c1-20(2,3)23(4,5)22-19(17-9-7-6-8-10-17)18-13-11-16(15-21)12-14-18/h6-10,13,15-16,19H,11-12,14H2,1-5H3/t16-,19-/m1/s1. The zero-order valence-corrected chi connectivity index (χ0v) is 16.1. The fourth-order valence-corrected chi connectivity index (χ4v) is 3.92. The minimum absolute atomic E-state index is 0.0321. The van der Waals surface area contributed by atoms with Gasteiger partial charge in [0.25, 0.3) is 0 Å². The molecule has 23 heavy (non-hydrogen) atoms. The maximum Gasteiger partial charge on any atom is 0.193 e. The SMILES string of the molecule is CC(C)(C)[Si](C)(C)O[C@@H](C1=CC[C@@H](C=O)CC1)c1ccccc1. The summed E-state index contributed by atoms with van der Waals surface area (Å²) >= 11 is 0. The van der Waals surface area contributed by atoms with Crippen LogP contribution in [0.1, 0.15) is 51.7 Å². The summed E-state index contributed by atoms with van der Waals surface area (Å²) in [6.07, 6.45) is 6.12. The molecule has 0 aliphatic heterocycles. The minimum Gasteiger partial charge on any atom is -0.406 e. The van der Waals surface area contributed by atoms with Crippen molar-refractivity contribution in [2.24, 2.45) is 5.92 Å². The van der Waals surface area contributed by atoms with E-state index in [9.17, 15) is 4.79 Å². The van der Waals surface area contributed by atoms with Gasteiger partial charge in [-0.15, -0.1) is 0 Å². The summed E-state index contributed by atoms with van der Waals surface area (Å²) in [4.78, 5) is 11.0. The highest BCUT2D eigenvalue weighted by atomic mass is 28.4. The lowest BCUT2D eigenvalue weighted by Gasteiger charge is -2.40. The Labute approximate surface area is 142 Å². The Morgan fingerprint density at radius 1 is 1.22 bits per heavy atom. The van der Waals surface area contributed by atoms with Crippen molar-refractivity contribution in [1.82, 2.24) is 0 Å². The van der Waals surface area contributed by atoms with E-state index in [2.05, 4.69) is 64.2 Å². The van der Waals surface area contributed by atoms with Crippen molar-refractivity contribution in [1.29, 1.82) is 0 Å². The summed E-state index contributed by atoms with van der Waals surface area (Å²) < 4.78 is 6.78. The van der Waals surface area contributed by atoms with Crippen molar-refractivity contribution in [3.63, 3.8) is 0 Å². The number of hydrogen-bond acceptors (Lipinski definition) is 2. The Hall–Kier alpha value is -1.19. The highest BCUT2D eigenvalue weighted by molar-refractivity contribution is 6.74. The van der Waals surface area contributed by atoms with Crippen LogP contribution in [0, 0.1) is 5.92 Å². The quantitative estimate of drug-likeness (QED) is 0.395. The highest BCUT2D eigenvalue weighted by Gasteiger charge is 2.40. The number of aldehydes is 1. The summed E-state index contributed by atoms with van der Waals surface area (Å²) in [7, 11) is -1.87. The molecule has 1 aromatic rings. The molecule has 0 aromatic heterocycles. The van der Waals surface area contributed by atoms with Crippen LogP contribution in [0.25, 0.3) is 0 Å². The molecule has 0 amide bonds. The number of benzene rings is 1. The molecule has 0 fully saturated rings. The maximum atomic E-state index is 11.0. The Morgan fingerprint density at radius 2 is 1.87 bits per heavy atom. The van der Waals surface area contributed by atoms with Crippen molar-refractivity contribution in [3.8, 4) is 0 Å². The van der Waals surface area contributed by atoms with E-state index < -0.39 is 8.32 Å². The molecule has 0 unspecified atom stereocenters. The Kier molecular flexibility index (Phi) is 5.64. The largest absolute Gasteiger partial charge is 0.406 e. The second-order valence-corrected chi connectivity index (χ2v) is 12.9. The molecule has 0 saturated heterocycles. The van der Waals surface area contributed by atoms with Crippen molar-refractivity contribution in [3.05, 3.63) is 47.5 Å². The molecule has 126 valence electrons. The lowest BCUT2D eigenvalue weighted by atomic mass is 9.86. The van der Waals surface area contributed by atoms with Crippen LogP contribution in [0.4, 0.5) is 0 Å². The molecule has 2 nitrogen and oxygen atoms in total. The van der Waals surface area contributed by atoms with Crippen molar-refractivity contribution < 1.29 is 9.22 Å². The summed E-state index contributed by atoms with van der Waals surface area (Å²) in [5.41, 5.74) is 2.58. The number of carbonyl (C=O) groups is 1. The van der Waals surface area contributed by atoms with Crippen LogP contribution >= 0.6 is 0 Å². The van der Waals surface area contributed by atoms with Crippen molar-refractivity contribution >= 4 is 14.6 Å². The first-order chi connectivity index (χ1) is 10.7. The molecule has 0 heterocycles. The van der Waals surface area contributed by atoms with Crippen LogP contribution in [0.15, 0.2) is 42.0 Å². The summed E-state index contributed by atoms with van der Waals surface area (Å²) in [5.74, 6) is 0.183. The number of rotatable bonds is 5. The first kappa shape index (κ1) is 18.1. The number of hydrogen-bond donors (Lipinski definition) is 0. The summed E-state index contributed by atoms with van der Waals surface area (Å²) in [6.45, 7) is 11.4. The van der Waals surface area contributed by atoms with Crippen LogP contribution in [0.5, 0.6) is 0 Å². The van der Waals surface area contributed by atoms with Crippen molar-refractivity contribution in [2.45, 2.75) is 64.3 Å². The highest BCUT2D eigenvalue weighted by Crippen LogP contribution is 2.43. The van der Waals surface area contributed by atoms with Gasteiger partial charge < -0.3 is 9.22 Å². The smallest absolute Gasteiger partial charge is 0.193 e. The zero-order valence-electron chi connectivity index (χ0n) is 15.1. The first-order valence-electron chi connectivity index (χ1n) is 8.61. The molecule has 0 spiro atoms. The monoisotopic (exact) mass is 330 g/mol. The molecule has 2 atom stereocenters. The lowest BCUT2D eigenvalue weighted by Crippen LogP contribution is -2.42. The average molecular weight is 331 g/mol. The number of carbonyl (C=O) groups excluding carboxylic acids is 1. The van der Waals surface area contributed by atoms with Crippen LogP contribution in [0.3, 0.4) is 0 Å². The predicted octanol–water partition coefficient (Wildman–Crippen LogP) is 5.67. The van der Waals surface area contributed by atoms with E-state index in [1.165, 1.54) is 11.1 Å². The molecule has 2 rings (SSSR count). The van der Waals surface area contributed by atoms with Crippen LogP contribution < -0.4 is 0 Å². The van der Waals surface area contributed by atoms with Gasteiger partial charge in [-0.05, 0) is 48.5 Å². The lowest BCUT2D eigenvalue weighted by molar-refractivity contribution is -0.111. The second kappa shape index (κ2) is 7.14. The van der Waals surface area contributed by atoms with Gasteiger partial charge in [0.2, 0.25) is 0 Å². The zero-order chi connectivity index (χ0) is 17.1. The Bertz CT molecular complexity index is 555. The molecule has 0 N–H and O–H groups in total. The third-order valence-electron chi connectivity index (χ3n) is 5.34. The minimum atomic E-state index is -1.87. The predicted molar refractivity (Wildman–Crippen MR) is 99.0 cm³/mol. The van der Waals surface area contributed by atoms with E-state index in [0.717, 1.165) is 25.5 Å². The Morgan fingerprint density at radius 3 is 2.35 bits per heavy atom. The molecule has 1 aliphatic rings. The van der Waals surface area contributed by atoms with E-state index in [-0.39, 0.29) is 17.1 Å². The third-order valence-corrected chi connectivity index (χ3v) is 9.77. The van der Waals surface area contributed by atoms with E-state index in [4.69, 9.17) is 4.43 Å².